The molecule has 22 heavy (non-hydrogen) atoms. The lowest BCUT2D eigenvalue weighted by molar-refractivity contribution is 0.104. The highest BCUT2D eigenvalue weighted by Crippen LogP contribution is 2.18. The molecule has 2 aromatic carbocycles. The summed E-state index contributed by atoms with van der Waals surface area (Å²) in [6, 6.07) is 15.1. The van der Waals surface area contributed by atoms with E-state index in [-0.39, 0.29) is 5.78 Å². The molecule has 0 unspecified atom stereocenters. The lowest BCUT2D eigenvalue weighted by Gasteiger charge is -2.03. The van der Waals surface area contributed by atoms with Crippen LogP contribution in [0.25, 0.3) is 12.2 Å². The molecule has 0 atom stereocenters. The zero-order chi connectivity index (χ0) is 15.8. The highest BCUT2D eigenvalue weighted by atomic mass is 16.5. The number of carbonyl (C=O) groups is 1. The summed E-state index contributed by atoms with van der Waals surface area (Å²) in [6.45, 7) is 3.79. The smallest absolute Gasteiger partial charge is 0.189 e. The molecule has 0 amide bonds. The quantitative estimate of drug-likeness (QED) is 0.434. The van der Waals surface area contributed by atoms with Gasteiger partial charge >= 0.3 is 0 Å². The fraction of sp³-hybridized carbons (Fsp3) is 0.0500. The minimum absolute atomic E-state index is 0.0842. The van der Waals surface area contributed by atoms with Gasteiger partial charge in [-0.25, -0.2) is 0 Å². The largest absolute Gasteiger partial charge is 0.496 e. The van der Waals surface area contributed by atoms with Crippen LogP contribution < -0.4 is 4.74 Å². The fourth-order valence-corrected chi connectivity index (χ4v) is 2.09. The Morgan fingerprint density at radius 1 is 1.00 bits per heavy atom. The summed E-state index contributed by atoms with van der Waals surface area (Å²) in [5, 5.41) is 0. The van der Waals surface area contributed by atoms with E-state index in [9.17, 15) is 4.79 Å². The van der Waals surface area contributed by atoms with Crippen LogP contribution in [0.4, 0.5) is 0 Å². The molecule has 0 saturated carbocycles. The van der Waals surface area contributed by atoms with Gasteiger partial charge in [0.2, 0.25) is 0 Å². The minimum Gasteiger partial charge on any atom is -0.496 e. The van der Waals surface area contributed by atoms with Crippen molar-refractivity contribution in [3.8, 4) is 5.75 Å². The lowest BCUT2D eigenvalue weighted by Crippen LogP contribution is -1.98. The molecule has 2 heteroatoms. The highest BCUT2D eigenvalue weighted by molar-refractivity contribution is 6.06. The van der Waals surface area contributed by atoms with E-state index in [2.05, 4.69) is 6.58 Å². The van der Waals surface area contributed by atoms with E-state index in [0.29, 0.717) is 11.3 Å². The molecule has 0 saturated heterocycles. The van der Waals surface area contributed by atoms with Crippen molar-refractivity contribution in [3.63, 3.8) is 0 Å². The predicted molar refractivity (Wildman–Crippen MR) is 92.0 cm³/mol. The van der Waals surface area contributed by atoms with Gasteiger partial charge in [0.1, 0.15) is 5.75 Å². The first-order chi connectivity index (χ1) is 10.8. The SMILES string of the molecule is C=Cc1ccccc1C=CC=CC(=O)c1ccccc1OC. The van der Waals surface area contributed by atoms with E-state index in [0.717, 1.165) is 11.1 Å². The second kappa shape index (κ2) is 7.79. The molecule has 0 N–H and O–H groups in total. The first-order valence-electron chi connectivity index (χ1n) is 7.00. The number of carbonyl (C=O) groups excluding carboxylic acids is 1. The zero-order valence-corrected chi connectivity index (χ0v) is 12.5. The third kappa shape index (κ3) is 3.83. The number of ether oxygens (including phenoxy) is 1. The van der Waals surface area contributed by atoms with Crippen LogP contribution in [0.15, 0.2) is 73.3 Å². The Balaban J connectivity index is 2.10. The molecule has 2 rings (SSSR count). The maximum atomic E-state index is 12.1. The molecule has 0 aliphatic heterocycles. The van der Waals surface area contributed by atoms with Crippen molar-refractivity contribution >= 4 is 17.9 Å². The maximum Gasteiger partial charge on any atom is 0.189 e. The average Bonchev–Trinajstić information content (AvgIpc) is 2.58. The molecular weight excluding hydrogens is 272 g/mol. The molecule has 0 aliphatic carbocycles. The van der Waals surface area contributed by atoms with Crippen LogP contribution in [-0.2, 0) is 0 Å². The predicted octanol–water partition coefficient (Wildman–Crippen LogP) is 4.79. The summed E-state index contributed by atoms with van der Waals surface area (Å²) in [5.74, 6) is 0.497. The molecule has 2 aromatic rings. The van der Waals surface area contributed by atoms with Crippen LogP contribution in [0.2, 0.25) is 0 Å². The molecular formula is C20H18O2. The molecule has 0 bridgehead atoms. The Bertz CT molecular complexity index is 724. The van der Waals surface area contributed by atoms with Gasteiger partial charge in [-0.1, -0.05) is 67.3 Å². The monoisotopic (exact) mass is 290 g/mol. The van der Waals surface area contributed by atoms with Gasteiger partial charge in [-0.05, 0) is 29.3 Å². The van der Waals surface area contributed by atoms with Gasteiger partial charge < -0.3 is 4.74 Å². The first kappa shape index (κ1) is 15.5. The molecule has 0 spiro atoms. The first-order valence-corrected chi connectivity index (χ1v) is 7.00. The zero-order valence-electron chi connectivity index (χ0n) is 12.5. The molecule has 110 valence electrons. The summed E-state index contributed by atoms with van der Waals surface area (Å²) >= 11 is 0. The van der Waals surface area contributed by atoms with Crippen LogP contribution in [0, 0.1) is 0 Å². The van der Waals surface area contributed by atoms with Crippen LogP contribution in [0.3, 0.4) is 0 Å². The number of methoxy groups -OCH3 is 1. The lowest BCUT2D eigenvalue weighted by atomic mass is 10.1. The number of para-hydroxylation sites is 1. The Hall–Kier alpha value is -2.87. The van der Waals surface area contributed by atoms with Crippen LogP contribution in [0.1, 0.15) is 21.5 Å². The van der Waals surface area contributed by atoms with E-state index in [1.165, 1.54) is 6.08 Å². The third-order valence-corrected chi connectivity index (χ3v) is 3.22. The van der Waals surface area contributed by atoms with E-state index in [1.54, 1.807) is 25.3 Å². The van der Waals surface area contributed by atoms with Gasteiger partial charge in [0.25, 0.3) is 0 Å². The number of hydrogen-bond donors (Lipinski definition) is 0. The Kier molecular flexibility index (Phi) is 5.50. The third-order valence-electron chi connectivity index (χ3n) is 3.22. The number of allylic oxidation sites excluding steroid dienone is 3. The van der Waals surface area contributed by atoms with Gasteiger partial charge in [-0.2, -0.15) is 0 Å². The molecule has 0 heterocycles. The fourth-order valence-electron chi connectivity index (χ4n) is 2.09. The molecule has 0 fully saturated rings. The van der Waals surface area contributed by atoms with Gasteiger partial charge in [0, 0.05) is 0 Å². The Morgan fingerprint density at radius 2 is 1.68 bits per heavy atom. The topological polar surface area (TPSA) is 26.3 Å². The summed E-state index contributed by atoms with van der Waals surface area (Å²) < 4.78 is 5.19. The van der Waals surface area contributed by atoms with Crippen LogP contribution in [-0.4, -0.2) is 12.9 Å². The van der Waals surface area contributed by atoms with E-state index in [4.69, 9.17) is 4.74 Å². The van der Waals surface area contributed by atoms with Gasteiger partial charge in [-0.3, -0.25) is 4.79 Å². The number of ketones is 1. The van der Waals surface area contributed by atoms with Crippen molar-refractivity contribution in [3.05, 3.63) is 90.0 Å². The highest BCUT2D eigenvalue weighted by Gasteiger charge is 2.07. The molecule has 0 aliphatic rings. The van der Waals surface area contributed by atoms with Crippen molar-refractivity contribution in [2.24, 2.45) is 0 Å². The van der Waals surface area contributed by atoms with Crippen molar-refractivity contribution in [1.82, 2.24) is 0 Å². The number of hydrogen-bond acceptors (Lipinski definition) is 2. The summed E-state index contributed by atoms with van der Waals surface area (Å²) in [7, 11) is 1.56. The summed E-state index contributed by atoms with van der Waals surface area (Å²) in [5.41, 5.74) is 2.68. The average molecular weight is 290 g/mol. The van der Waals surface area contributed by atoms with Gasteiger partial charge in [0.05, 0.1) is 12.7 Å². The van der Waals surface area contributed by atoms with E-state index < -0.39 is 0 Å². The number of benzene rings is 2. The molecule has 0 aromatic heterocycles. The molecule has 0 radical (unpaired) electrons. The Labute approximate surface area is 131 Å². The van der Waals surface area contributed by atoms with Crippen LogP contribution in [0.5, 0.6) is 5.75 Å². The standard InChI is InChI=1S/C20H18O2/c1-3-16-10-4-5-11-17(16)12-6-8-14-19(21)18-13-7-9-15-20(18)22-2/h3-15H,1H2,2H3. The van der Waals surface area contributed by atoms with Gasteiger partial charge in [0.15, 0.2) is 5.78 Å². The van der Waals surface area contributed by atoms with E-state index >= 15 is 0 Å². The van der Waals surface area contributed by atoms with E-state index in [1.807, 2.05) is 54.6 Å². The van der Waals surface area contributed by atoms with Crippen molar-refractivity contribution in [2.45, 2.75) is 0 Å². The number of rotatable bonds is 6. The second-order valence-corrected chi connectivity index (χ2v) is 4.62. The summed E-state index contributed by atoms with van der Waals surface area (Å²) in [4.78, 5) is 12.1. The Morgan fingerprint density at radius 3 is 2.41 bits per heavy atom. The van der Waals surface area contributed by atoms with Crippen molar-refractivity contribution in [1.29, 1.82) is 0 Å². The molecule has 2 nitrogen and oxygen atoms in total. The summed E-state index contributed by atoms with van der Waals surface area (Å²) in [6.07, 6.45) is 8.86. The normalized spacial score (nSPS) is 11.0. The minimum atomic E-state index is -0.0842. The van der Waals surface area contributed by atoms with Gasteiger partial charge in [-0.15, -0.1) is 0 Å². The van der Waals surface area contributed by atoms with Crippen LogP contribution >= 0.6 is 0 Å². The maximum absolute atomic E-state index is 12.1. The second-order valence-electron chi connectivity index (χ2n) is 4.62. The van der Waals surface area contributed by atoms with Crippen molar-refractivity contribution < 1.29 is 9.53 Å². The van der Waals surface area contributed by atoms with Crippen molar-refractivity contribution in [2.75, 3.05) is 7.11 Å².